The second-order valence-corrected chi connectivity index (χ2v) is 10.3. The van der Waals surface area contributed by atoms with Crippen LogP contribution in [0.3, 0.4) is 0 Å². The number of ether oxygens (including phenoxy) is 1. The molecule has 2 aromatic rings. The van der Waals surface area contributed by atoms with Gasteiger partial charge in [0.2, 0.25) is 5.91 Å². The lowest BCUT2D eigenvalue weighted by Crippen LogP contribution is -2.38. The van der Waals surface area contributed by atoms with Gasteiger partial charge in [-0.05, 0) is 59.8 Å². The first kappa shape index (κ1) is 21.2. The highest BCUT2D eigenvalue weighted by atomic mass is 16.5. The third-order valence-corrected chi connectivity index (χ3v) is 8.29. The van der Waals surface area contributed by atoms with Crippen molar-refractivity contribution in [1.29, 1.82) is 0 Å². The molecule has 3 N–H and O–H groups in total. The molecule has 176 valence electrons. The van der Waals surface area contributed by atoms with E-state index in [1.54, 1.807) is 0 Å². The van der Waals surface area contributed by atoms with Gasteiger partial charge in [0.05, 0.1) is 11.3 Å². The van der Waals surface area contributed by atoms with Gasteiger partial charge in [-0.15, -0.1) is 0 Å². The van der Waals surface area contributed by atoms with Crippen LogP contribution < -0.4 is 10.6 Å². The number of nitrogens with one attached hydrogen (secondary N) is 2. The molecule has 0 heterocycles. The largest absolute Gasteiger partial charge is 0.481 e. The Bertz CT molecular complexity index is 1130. The molecule has 5 atom stereocenters. The number of aliphatic carboxylic acids is 1. The van der Waals surface area contributed by atoms with Crippen molar-refractivity contribution in [2.45, 2.75) is 37.6 Å². The number of carbonyl (C=O) groups is 3. The van der Waals surface area contributed by atoms with Gasteiger partial charge in [0, 0.05) is 18.5 Å². The van der Waals surface area contributed by atoms with Gasteiger partial charge in [0.1, 0.15) is 6.61 Å². The molecule has 6 rings (SSSR count). The maximum atomic E-state index is 12.8. The third kappa shape index (κ3) is 3.54. The zero-order chi connectivity index (χ0) is 23.4. The third-order valence-electron chi connectivity index (χ3n) is 8.29. The van der Waals surface area contributed by atoms with Gasteiger partial charge in [0.15, 0.2) is 0 Å². The predicted molar refractivity (Wildman–Crippen MR) is 124 cm³/mol. The van der Waals surface area contributed by atoms with Gasteiger partial charge in [-0.2, -0.15) is 0 Å². The zero-order valence-corrected chi connectivity index (χ0v) is 18.8. The Balaban J connectivity index is 1.01. The fourth-order valence-electron chi connectivity index (χ4n) is 6.27. The summed E-state index contributed by atoms with van der Waals surface area (Å²) >= 11 is 0. The topological polar surface area (TPSA) is 105 Å². The molecule has 0 spiro atoms. The predicted octanol–water partition coefficient (Wildman–Crippen LogP) is 3.53. The van der Waals surface area contributed by atoms with Crippen molar-refractivity contribution in [3.8, 4) is 11.1 Å². The molecular weight excluding hydrogens is 432 g/mol. The first-order valence-electron chi connectivity index (χ1n) is 12.1. The van der Waals surface area contributed by atoms with E-state index in [-0.39, 0.29) is 42.2 Å². The van der Waals surface area contributed by atoms with E-state index in [4.69, 9.17) is 9.84 Å². The van der Waals surface area contributed by atoms with Crippen LogP contribution in [0.15, 0.2) is 48.5 Å². The Kier molecular flexibility index (Phi) is 4.90. The molecule has 4 aliphatic carbocycles. The second-order valence-electron chi connectivity index (χ2n) is 10.3. The summed E-state index contributed by atoms with van der Waals surface area (Å²) < 4.78 is 5.66. The Morgan fingerprint density at radius 2 is 1.65 bits per heavy atom. The average Bonchev–Trinajstić information content (AvgIpc) is 3.70. The van der Waals surface area contributed by atoms with Crippen molar-refractivity contribution >= 4 is 18.0 Å². The van der Waals surface area contributed by atoms with E-state index in [0.29, 0.717) is 19.4 Å². The molecule has 4 aliphatic rings. The molecule has 2 aromatic carbocycles. The SMILES string of the molecule is O=C(N[C@H]1C[C@@H]2C[C@]2(C(=O)NC[C@H]2C[C@H]2C(=O)O)C1)OCC1c2ccccc2-c2ccccc21. The molecule has 34 heavy (non-hydrogen) atoms. The number of benzene rings is 2. The van der Waals surface area contributed by atoms with Gasteiger partial charge >= 0.3 is 12.1 Å². The molecule has 0 bridgehead atoms. The molecule has 0 aromatic heterocycles. The van der Waals surface area contributed by atoms with Crippen molar-refractivity contribution in [3.63, 3.8) is 0 Å². The molecule has 2 amide bonds. The molecule has 7 nitrogen and oxygen atoms in total. The number of alkyl carbamates (subject to hydrolysis) is 1. The smallest absolute Gasteiger partial charge is 0.407 e. The first-order chi connectivity index (χ1) is 16.5. The van der Waals surface area contributed by atoms with Gasteiger partial charge in [-0.25, -0.2) is 4.79 Å². The highest BCUT2D eigenvalue weighted by molar-refractivity contribution is 5.87. The summed E-state index contributed by atoms with van der Waals surface area (Å²) in [6.45, 7) is 0.697. The lowest BCUT2D eigenvalue weighted by molar-refractivity contribution is -0.139. The summed E-state index contributed by atoms with van der Waals surface area (Å²) in [4.78, 5) is 36.4. The van der Waals surface area contributed by atoms with Gasteiger partial charge in [-0.3, -0.25) is 9.59 Å². The lowest BCUT2D eigenvalue weighted by Gasteiger charge is -2.19. The van der Waals surface area contributed by atoms with E-state index in [2.05, 4.69) is 34.9 Å². The Labute approximate surface area is 197 Å². The van der Waals surface area contributed by atoms with E-state index in [9.17, 15) is 14.4 Å². The Hall–Kier alpha value is -3.35. The van der Waals surface area contributed by atoms with Crippen molar-refractivity contribution < 1.29 is 24.2 Å². The molecule has 3 saturated carbocycles. The van der Waals surface area contributed by atoms with Crippen molar-refractivity contribution in [1.82, 2.24) is 10.6 Å². The van der Waals surface area contributed by atoms with Crippen LogP contribution >= 0.6 is 0 Å². The fraction of sp³-hybridized carbons (Fsp3) is 0.444. The minimum Gasteiger partial charge on any atom is -0.481 e. The van der Waals surface area contributed by atoms with E-state index in [1.165, 1.54) is 22.3 Å². The number of carboxylic acid groups (broad SMARTS) is 1. The second kappa shape index (κ2) is 7.86. The van der Waals surface area contributed by atoms with Crippen molar-refractivity contribution in [2.75, 3.05) is 13.2 Å². The number of hydrogen-bond acceptors (Lipinski definition) is 4. The molecule has 0 saturated heterocycles. The summed E-state index contributed by atoms with van der Waals surface area (Å²) in [5.74, 6) is -0.754. The fourth-order valence-corrected chi connectivity index (χ4v) is 6.27. The first-order valence-corrected chi connectivity index (χ1v) is 12.1. The highest BCUT2D eigenvalue weighted by Crippen LogP contribution is 2.63. The van der Waals surface area contributed by atoms with Crippen LogP contribution in [0.2, 0.25) is 0 Å². The molecular formula is C27H28N2O5. The summed E-state index contributed by atoms with van der Waals surface area (Å²) in [5.41, 5.74) is 4.33. The quantitative estimate of drug-likeness (QED) is 0.586. The van der Waals surface area contributed by atoms with Gasteiger partial charge < -0.3 is 20.5 Å². The standard InChI is InChI=1S/C27H28N2O5/c30-24(31)22-9-15(22)13-28-25(32)27-11-16(27)10-17(12-27)29-26(33)34-14-23-20-7-3-1-5-18(20)19-6-2-4-8-21(19)23/h1-8,15-17,22-23H,9-14H2,(H,28,32)(H,29,33)(H,30,31)/t15-,16-,17+,22-,27+/m1/s1. The summed E-state index contributed by atoms with van der Waals surface area (Å²) in [6, 6.07) is 16.4. The van der Waals surface area contributed by atoms with Crippen LogP contribution in [0.25, 0.3) is 11.1 Å². The normalized spacial score (nSPS) is 30.0. The van der Waals surface area contributed by atoms with Crippen molar-refractivity contribution in [3.05, 3.63) is 59.7 Å². The number of amides is 2. The van der Waals surface area contributed by atoms with Gasteiger partial charge in [-0.1, -0.05) is 48.5 Å². The van der Waals surface area contributed by atoms with E-state index >= 15 is 0 Å². The number of carboxylic acids is 1. The Morgan fingerprint density at radius 3 is 2.29 bits per heavy atom. The lowest BCUT2D eigenvalue weighted by atomic mass is 9.98. The van der Waals surface area contributed by atoms with E-state index in [1.807, 2.05) is 24.3 Å². The average molecular weight is 461 g/mol. The van der Waals surface area contributed by atoms with Crippen molar-refractivity contribution in [2.24, 2.45) is 23.2 Å². The molecule has 3 fully saturated rings. The molecule has 7 heteroatoms. The maximum Gasteiger partial charge on any atom is 0.407 e. The Morgan fingerprint density at radius 1 is 0.971 bits per heavy atom. The summed E-state index contributed by atoms with van der Waals surface area (Å²) in [7, 11) is 0. The van der Waals surface area contributed by atoms with Gasteiger partial charge in [0.25, 0.3) is 0 Å². The van der Waals surface area contributed by atoms with E-state index in [0.717, 1.165) is 12.8 Å². The minimum atomic E-state index is -0.782. The van der Waals surface area contributed by atoms with E-state index < -0.39 is 17.5 Å². The zero-order valence-electron chi connectivity index (χ0n) is 18.8. The molecule has 0 unspecified atom stereocenters. The number of hydrogen-bond donors (Lipinski definition) is 3. The summed E-state index contributed by atoms with van der Waals surface area (Å²) in [5, 5.41) is 15.0. The van der Waals surface area contributed by atoms with Crippen LogP contribution in [0.5, 0.6) is 0 Å². The molecule has 0 radical (unpaired) electrons. The van der Waals surface area contributed by atoms with Crippen LogP contribution in [-0.2, 0) is 14.3 Å². The molecule has 0 aliphatic heterocycles. The van der Waals surface area contributed by atoms with Crippen LogP contribution in [0.4, 0.5) is 4.79 Å². The number of fused-ring (bicyclic) bond motifs is 4. The number of rotatable bonds is 7. The maximum absolute atomic E-state index is 12.8. The minimum absolute atomic E-state index is 0.00498. The van der Waals surface area contributed by atoms with Crippen LogP contribution in [0, 0.1) is 23.2 Å². The summed E-state index contributed by atoms with van der Waals surface area (Å²) in [6.07, 6.45) is 2.43. The monoisotopic (exact) mass is 460 g/mol. The van der Waals surface area contributed by atoms with Crippen LogP contribution in [0.1, 0.15) is 42.7 Å². The number of carbonyl (C=O) groups excluding carboxylic acids is 2. The highest BCUT2D eigenvalue weighted by Gasteiger charge is 2.65. The van der Waals surface area contributed by atoms with Crippen LogP contribution in [-0.4, -0.2) is 42.3 Å².